The van der Waals surface area contributed by atoms with Crippen molar-refractivity contribution in [3.8, 4) is 5.75 Å². The molecule has 0 aliphatic carbocycles. The largest absolute Gasteiger partial charge is 0.488 e. The van der Waals surface area contributed by atoms with Crippen molar-refractivity contribution in [1.82, 2.24) is 15.5 Å². The zero-order chi connectivity index (χ0) is 21.3. The molecule has 0 aromatic heterocycles. The molecule has 6 nitrogen and oxygen atoms in total. The predicted octanol–water partition coefficient (Wildman–Crippen LogP) is 3.81. The number of aliphatic imine (C=N–C) groups is 1. The number of rotatable bonds is 8. The molecular formula is C24H41IN4O2. The third-order valence-corrected chi connectivity index (χ3v) is 5.86. The van der Waals surface area contributed by atoms with Crippen LogP contribution in [0.1, 0.15) is 44.2 Å². The topological polar surface area (TPSA) is 58.1 Å². The zero-order valence-electron chi connectivity index (χ0n) is 19.7. The van der Waals surface area contributed by atoms with Gasteiger partial charge in [-0.1, -0.05) is 26.0 Å². The molecular weight excluding hydrogens is 503 g/mol. The molecule has 2 heterocycles. The second-order valence-electron chi connectivity index (χ2n) is 9.18. The standard InChI is InChI=1S/C24H40N4O2.HI/c1-18(2)15-28-10-5-6-20(16-28)13-26-24(25-4)27-14-21-8-7-19(3)12-23(21)30-22-9-11-29-17-22;/h7-8,12,18,20,22H,5-6,9-11,13-17H2,1-4H3,(H2,25,26,27);1H. The van der Waals surface area contributed by atoms with E-state index in [1.165, 1.54) is 38.0 Å². The van der Waals surface area contributed by atoms with Gasteiger partial charge in [-0.15, -0.1) is 24.0 Å². The Bertz CT molecular complexity index is 692. The normalized spacial score (nSPS) is 22.3. The number of halogens is 1. The minimum absolute atomic E-state index is 0. The van der Waals surface area contributed by atoms with E-state index in [1.54, 1.807) is 0 Å². The van der Waals surface area contributed by atoms with Crippen LogP contribution in [-0.2, 0) is 11.3 Å². The number of nitrogens with zero attached hydrogens (tertiary/aromatic N) is 2. The highest BCUT2D eigenvalue weighted by Gasteiger charge is 2.21. The van der Waals surface area contributed by atoms with Crippen molar-refractivity contribution in [3.63, 3.8) is 0 Å². The van der Waals surface area contributed by atoms with Gasteiger partial charge in [0, 0.05) is 45.2 Å². The highest BCUT2D eigenvalue weighted by atomic mass is 127. The summed E-state index contributed by atoms with van der Waals surface area (Å²) in [7, 11) is 1.84. The van der Waals surface area contributed by atoms with Gasteiger partial charge >= 0.3 is 0 Å². The molecule has 0 bridgehead atoms. The number of hydrogen-bond acceptors (Lipinski definition) is 4. The first kappa shape index (κ1) is 26.2. The summed E-state index contributed by atoms with van der Waals surface area (Å²) in [5, 5.41) is 7.01. The molecule has 1 aromatic carbocycles. The van der Waals surface area contributed by atoms with Crippen LogP contribution in [0.2, 0.25) is 0 Å². The van der Waals surface area contributed by atoms with Crippen molar-refractivity contribution < 1.29 is 9.47 Å². The Balaban J connectivity index is 0.00000341. The van der Waals surface area contributed by atoms with Gasteiger partial charge in [0.15, 0.2) is 5.96 Å². The summed E-state index contributed by atoms with van der Waals surface area (Å²) in [6, 6.07) is 6.40. The molecule has 2 atom stereocenters. The SMILES string of the molecule is CN=C(NCc1ccc(C)cc1OC1CCOC1)NCC1CCCN(CC(C)C)C1.I. The van der Waals surface area contributed by atoms with Gasteiger partial charge in [-0.2, -0.15) is 0 Å². The average Bonchev–Trinajstić information content (AvgIpc) is 3.22. The van der Waals surface area contributed by atoms with E-state index < -0.39 is 0 Å². The van der Waals surface area contributed by atoms with Gasteiger partial charge in [0.1, 0.15) is 11.9 Å². The van der Waals surface area contributed by atoms with Gasteiger partial charge in [-0.3, -0.25) is 4.99 Å². The molecule has 0 radical (unpaired) electrons. The van der Waals surface area contributed by atoms with E-state index in [2.05, 4.69) is 59.5 Å². The van der Waals surface area contributed by atoms with Crippen LogP contribution in [0.3, 0.4) is 0 Å². The van der Waals surface area contributed by atoms with Gasteiger partial charge < -0.3 is 25.0 Å². The first-order valence-electron chi connectivity index (χ1n) is 11.5. The van der Waals surface area contributed by atoms with Crippen LogP contribution in [0.15, 0.2) is 23.2 Å². The molecule has 3 rings (SSSR count). The monoisotopic (exact) mass is 544 g/mol. The lowest BCUT2D eigenvalue weighted by atomic mass is 9.97. The van der Waals surface area contributed by atoms with Gasteiger partial charge in [-0.25, -0.2) is 0 Å². The van der Waals surface area contributed by atoms with Crippen LogP contribution >= 0.6 is 24.0 Å². The van der Waals surface area contributed by atoms with E-state index >= 15 is 0 Å². The number of benzene rings is 1. The van der Waals surface area contributed by atoms with Crippen LogP contribution < -0.4 is 15.4 Å². The van der Waals surface area contributed by atoms with E-state index in [0.29, 0.717) is 19.1 Å². The van der Waals surface area contributed by atoms with Gasteiger partial charge in [0.2, 0.25) is 0 Å². The molecule has 2 N–H and O–H groups in total. The average molecular weight is 545 g/mol. The Morgan fingerprint density at radius 2 is 2.13 bits per heavy atom. The maximum atomic E-state index is 6.22. The zero-order valence-corrected chi connectivity index (χ0v) is 22.0. The fourth-order valence-electron chi connectivity index (χ4n) is 4.34. The Morgan fingerprint density at radius 3 is 2.84 bits per heavy atom. The first-order chi connectivity index (χ1) is 14.5. The summed E-state index contributed by atoms with van der Waals surface area (Å²) in [5.41, 5.74) is 2.36. The summed E-state index contributed by atoms with van der Waals surface area (Å²) in [4.78, 5) is 7.04. The summed E-state index contributed by atoms with van der Waals surface area (Å²) in [6.45, 7) is 13.4. The maximum absolute atomic E-state index is 6.22. The third kappa shape index (κ3) is 8.77. The van der Waals surface area contributed by atoms with Crippen molar-refractivity contribution in [1.29, 1.82) is 0 Å². The number of nitrogens with one attached hydrogen (secondary N) is 2. The summed E-state index contributed by atoms with van der Waals surface area (Å²) in [5.74, 6) is 3.21. The molecule has 2 unspecified atom stereocenters. The summed E-state index contributed by atoms with van der Waals surface area (Å²) >= 11 is 0. The van der Waals surface area contributed by atoms with E-state index in [-0.39, 0.29) is 30.1 Å². The van der Waals surface area contributed by atoms with Crippen LogP contribution in [0.4, 0.5) is 0 Å². The number of hydrogen-bond donors (Lipinski definition) is 2. The van der Waals surface area contributed by atoms with Gasteiger partial charge in [-0.05, 0) is 49.8 Å². The molecule has 2 aliphatic rings. The fraction of sp³-hybridized carbons (Fsp3) is 0.708. The number of aryl methyl sites for hydroxylation is 1. The molecule has 0 saturated carbocycles. The van der Waals surface area contributed by atoms with Crippen molar-refractivity contribution in [2.45, 2.75) is 52.7 Å². The molecule has 176 valence electrons. The summed E-state index contributed by atoms with van der Waals surface area (Å²) in [6.07, 6.45) is 3.69. The molecule has 7 heteroatoms. The Labute approximate surface area is 205 Å². The minimum Gasteiger partial charge on any atom is -0.488 e. The van der Waals surface area contributed by atoms with Gasteiger partial charge in [0.25, 0.3) is 0 Å². The van der Waals surface area contributed by atoms with E-state index in [1.807, 2.05) is 7.05 Å². The van der Waals surface area contributed by atoms with Crippen molar-refractivity contribution in [2.24, 2.45) is 16.8 Å². The lowest BCUT2D eigenvalue weighted by Crippen LogP contribution is -2.45. The van der Waals surface area contributed by atoms with E-state index in [4.69, 9.17) is 9.47 Å². The van der Waals surface area contributed by atoms with Gasteiger partial charge in [0.05, 0.1) is 13.2 Å². The lowest BCUT2D eigenvalue weighted by Gasteiger charge is -2.34. The number of ether oxygens (including phenoxy) is 2. The third-order valence-electron chi connectivity index (χ3n) is 5.86. The molecule has 31 heavy (non-hydrogen) atoms. The van der Waals surface area contributed by atoms with Crippen molar-refractivity contribution in [2.75, 3.05) is 46.4 Å². The van der Waals surface area contributed by atoms with E-state index in [0.717, 1.165) is 42.8 Å². The highest BCUT2D eigenvalue weighted by Crippen LogP contribution is 2.24. The smallest absolute Gasteiger partial charge is 0.191 e. The molecule has 2 saturated heterocycles. The number of piperidine rings is 1. The van der Waals surface area contributed by atoms with Crippen LogP contribution in [0.5, 0.6) is 5.75 Å². The Morgan fingerprint density at radius 1 is 1.29 bits per heavy atom. The molecule has 2 aliphatic heterocycles. The van der Waals surface area contributed by atoms with Crippen LogP contribution in [-0.4, -0.2) is 63.4 Å². The first-order valence-corrected chi connectivity index (χ1v) is 11.5. The molecule has 1 aromatic rings. The number of guanidine groups is 1. The maximum Gasteiger partial charge on any atom is 0.191 e. The van der Waals surface area contributed by atoms with Crippen LogP contribution in [0.25, 0.3) is 0 Å². The molecule has 2 fully saturated rings. The van der Waals surface area contributed by atoms with Crippen molar-refractivity contribution >= 4 is 29.9 Å². The lowest BCUT2D eigenvalue weighted by molar-refractivity contribution is 0.140. The highest BCUT2D eigenvalue weighted by molar-refractivity contribution is 14.0. The second kappa shape index (κ2) is 13.5. The quantitative estimate of drug-likeness (QED) is 0.296. The summed E-state index contributed by atoms with van der Waals surface area (Å²) < 4.78 is 11.7. The van der Waals surface area contributed by atoms with Crippen LogP contribution in [0, 0.1) is 18.8 Å². The number of likely N-dealkylation sites (tertiary alicyclic amines) is 1. The van der Waals surface area contributed by atoms with E-state index in [9.17, 15) is 0 Å². The minimum atomic E-state index is 0. The Hall–Kier alpha value is -1.06. The second-order valence-corrected chi connectivity index (χ2v) is 9.18. The van der Waals surface area contributed by atoms with Crippen molar-refractivity contribution in [3.05, 3.63) is 29.3 Å². The molecule has 0 amide bonds. The predicted molar refractivity (Wildman–Crippen MR) is 139 cm³/mol. The fourth-order valence-corrected chi connectivity index (χ4v) is 4.34. The molecule has 0 spiro atoms. The Kier molecular flexibility index (Phi) is 11.4.